The van der Waals surface area contributed by atoms with Gasteiger partial charge in [-0.25, -0.2) is 0 Å². The molecule has 1 fully saturated rings. The number of nitrogens with zero attached hydrogens (tertiary/aromatic N) is 1. The molecule has 0 unspecified atom stereocenters. The van der Waals surface area contributed by atoms with Gasteiger partial charge in [0.25, 0.3) is 0 Å². The lowest BCUT2D eigenvalue weighted by atomic mass is 9.97. The third-order valence-electron chi connectivity index (χ3n) is 5.07. The summed E-state index contributed by atoms with van der Waals surface area (Å²) in [4.78, 5) is 2.26. The van der Waals surface area contributed by atoms with Gasteiger partial charge in [0.05, 0.1) is 0 Å². The van der Waals surface area contributed by atoms with Crippen molar-refractivity contribution in [2.45, 2.75) is 26.7 Å². The molecule has 148 valence electrons. The van der Waals surface area contributed by atoms with Crippen LogP contribution in [0.1, 0.15) is 24.0 Å². The van der Waals surface area contributed by atoms with Crippen molar-refractivity contribution in [1.82, 2.24) is 10.2 Å². The van der Waals surface area contributed by atoms with Crippen molar-refractivity contribution >= 4 is 46.0 Å². The third-order valence-corrected chi connectivity index (χ3v) is 5.67. The Morgan fingerprint density at radius 2 is 1.36 bits per heavy atom. The summed E-state index contributed by atoms with van der Waals surface area (Å²) < 4.78 is 0. The Bertz CT molecular complexity index is 794. The van der Waals surface area contributed by atoms with Crippen LogP contribution < -0.4 is 16.0 Å². The van der Waals surface area contributed by atoms with E-state index in [1.807, 2.05) is 12.1 Å². The molecule has 0 saturated carbocycles. The van der Waals surface area contributed by atoms with Crippen LogP contribution in [0, 0.1) is 19.8 Å². The lowest BCUT2D eigenvalue weighted by Crippen LogP contribution is -2.43. The topological polar surface area (TPSA) is 39.3 Å². The third kappa shape index (κ3) is 6.17. The molecule has 1 saturated heterocycles. The Morgan fingerprint density at radius 3 is 1.89 bits per heavy atom. The number of nitrogens with one attached hydrogen (secondary N) is 3. The molecule has 3 rings (SSSR count). The first kappa shape index (κ1) is 20.6. The fourth-order valence-corrected chi connectivity index (χ4v) is 3.73. The van der Waals surface area contributed by atoms with E-state index in [-0.39, 0.29) is 0 Å². The Balaban J connectivity index is 1.37. The molecule has 0 aliphatic carbocycles. The zero-order chi connectivity index (χ0) is 19.9. The van der Waals surface area contributed by atoms with Crippen molar-refractivity contribution < 1.29 is 0 Å². The number of rotatable bonds is 4. The van der Waals surface area contributed by atoms with Crippen molar-refractivity contribution in [2.75, 3.05) is 30.3 Å². The van der Waals surface area contributed by atoms with Crippen LogP contribution >= 0.6 is 24.4 Å². The zero-order valence-corrected chi connectivity index (χ0v) is 18.1. The first-order chi connectivity index (χ1) is 13.5. The molecule has 0 radical (unpaired) electrons. The second kappa shape index (κ2) is 9.85. The molecule has 4 nitrogen and oxygen atoms in total. The minimum Gasteiger partial charge on any atom is -0.362 e. The van der Waals surface area contributed by atoms with Crippen LogP contribution in [-0.4, -0.2) is 34.8 Å². The van der Waals surface area contributed by atoms with Crippen molar-refractivity contribution in [1.29, 1.82) is 0 Å². The minimum atomic E-state index is 0.608. The number of likely N-dealkylation sites (tertiary alicyclic amines) is 1. The summed E-state index contributed by atoms with van der Waals surface area (Å²) in [5, 5.41) is 11.4. The first-order valence-electron chi connectivity index (χ1n) is 9.74. The molecular weight excluding hydrogens is 384 g/mol. The molecule has 1 aliphatic heterocycles. The molecule has 1 heterocycles. The van der Waals surface area contributed by atoms with Gasteiger partial charge in [-0.05, 0) is 81.3 Å². The molecule has 0 spiro atoms. The summed E-state index contributed by atoms with van der Waals surface area (Å²) in [6.45, 7) is 7.01. The molecule has 0 amide bonds. The first-order valence-corrected chi connectivity index (χ1v) is 10.6. The van der Waals surface area contributed by atoms with Crippen molar-refractivity contribution in [3.63, 3.8) is 0 Å². The second-order valence-electron chi connectivity index (χ2n) is 7.43. The number of piperidine rings is 1. The molecule has 0 bridgehead atoms. The van der Waals surface area contributed by atoms with E-state index in [0.29, 0.717) is 11.0 Å². The van der Waals surface area contributed by atoms with E-state index in [2.05, 4.69) is 71.1 Å². The van der Waals surface area contributed by atoms with Gasteiger partial charge in [0.2, 0.25) is 0 Å². The van der Waals surface area contributed by atoms with Gasteiger partial charge in [-0.1, -0.05) is 35.4 Å². The van der Waals surface area contributed by atoms with E-state index in [4.69, 9.17) is 24.4 Å². The summed E-state index contributed by atoms with van der Waals surface area (Å²) in [6, 6.07) is 16.6. The smallest absolute Gasteiger partial charge is 0.173 e. The van der Waals surface area contributed by atoms with E-state index >= 15 is 0 Å². The monoisotopic (exact) mass is 412 g/mol. The molecular formula is C22H28N4S2. The fourth-order valence-electron chi connectivity index (χ4n) is 3.23. The van der Waals surface area contributed by atoms with E-state index in [1.54, 1.807) is 0 Å². The Kier molecular flexibility index (Phi) is 7.23. The maximum Gasteiger partial charge on any atom is 0.173 e. The molecule has 0 atom stereocenters. The predicted octanol–water partition coefficient (Wildman–Crippen LogP) is 4.70. The van der Waals surface area contributed by atoms with Gasteiger partial charge in [-0.2, -0.15) is 0 Å². The average molecular weight is 413 g/mol. The average Bonchev–Trinajstić information content (AvgIpc) is 2.70. The van der Waals surface area contributed by atoms with Gasteiger partial charge in [0.15, 0.2) is 10.2 Å². The lowest BCUT2D eigenvalue weighted by Gasteiger charge is -2.34. The largest absolute Gasteiger partial charge is 0.362 e. The Morgan fingerprint density at radius 1 is 0.857 bits per heavy atom. The number of aryl methyl sites for hydroxylation is 2. The van der Waals surface area contributed by atoms with Crippen LogP contribution in [-0.2, 0) is 0 Å². The van der Waals surface area contributed by atoms with E-state index in [1.165, 1.54) is 11.1 Å². The summed E-state index contributed by atoms with van der Waals surface area (Å²) in [7, 11) is 0. The second-order valence-corrected chi connectivity index (χ2v) is 8.22. The molecule has 28 heavy (non-hydrogen) atoms. The summed E-state index contributed by atoms with van der Waals surface area (Å²) in [5.74, 6) is 0.608. The van der Waals surface area contributed by atoms with Crippen molar-refractivity contribution in [3.8, 4) is 0 Å². The van der Waals surface area contributed by atoms with E-state index in [0.717, 1.165) is 49.0 Å². The summed E-state index contributed by atoms with van der Waals surface area (Å²) in [6.07, 6.45) is 2.21. The molecule has 3 N–H and O–H groups in total. The standard InChI is InChI=1S/C22H28N4S2/c1-16-3-7-19(8-4-16)24-21(27)23-15-18-11-13-26(14-12-18)22(28)25-20-9-5-17(2)6-10-20/h3-10,18H,11-15H2,1-2H3,(H,25,28)(H2,23,24,27). The van der Waals surface area contributed by atoms with Crippen molar-refractivity contribution in [3.05, 3.63) is 59.7 Å². The van der Waals surface area contributed by atoms with Crippen LogP contribution in [0.5, 0.6) is 0 Å². The van der Waals surface area contributed by atoms with Crippen LogP contribution in [0.2, 0.25) is 0 Å². The fraction of sp³-hybridized carbons (Fsp3) is 0.364. The van der Waals surface area contributed by atoms with Crippen molar-refractivity contribution in [2.24, 2.45) is 5.92 Å². The van der Waals surface area contributed by atoms with E-state index in [9.17, 15) is 0 Å². The summed E-state index contributed by atoms with van der Waals surface area (Å²) in [5.41, 5.74) is 4.56. The Labute approximate surface area is 178 Å². The van der Waals surface area contributed by atoms with Gasteiger partial charge in [-0.15, -0.1) is 0 Å². The normalized spacial score (nSPS) is 14.4. The number of benzene rings is 2. The van der Waals surface area contributed by atoms with Gasteiger partial charge < -0.3 is 20.9 Å². The highest BCUT2D eigenvalue weighted by Crippen LogP contribution is 2.18. The van der Waals surface area contributed by atoms with Gasteiger partial charge in [0, 0.05) is 31.0 Å². The maximum absolute atomic E-state index is 5.58. The highest BCUT2D eigenvalue weighted by Gasteiger charge is 2.21. The number of hydrogen-bond acceptors (Lipinski definition) is 2. The molecule has 6 heteroatoms. The van der Waals surface area contributed by atoms with Gasteiger partial charge in [-0.3, -0.25) is 0 Å². The molecule has 0 aromatic heterocycles. The van der Waals surface area contributed by atoms with Gasteiger partial charge >= 0.3 is 0 Å². The Hall–Kier alpha value is -2.18. The number of anilines is 2. The van der Waals surface area contributed by atoms with Gasteiger partial charge in [0.1, 0.15) is 0 Å². The highest BCUT2D eigenvalue weighted by atomic mass is 32.1. The number of hydrogen-bond donors (Lipinski definition) is 3. The summed E-state index contributed by atoms with van der Waals surface area (Å²) >= 11 is 11.0. The predicted molar refractivity (Wildman–Crippen MR) is 127 cm³/mol. The van der Waals surface area contributed by atoms with Crippen LogP contribution in [0.3, 0.4) is 0 Å². The highest BCUT2D eigenvalue weighted by molar-refractivity contribution is 7.80. The van der Waals surface area contributed by atoms with Crippen LogP contribution in [0.15, 0.2) is 48.5 Å². The lowest BCUT2D eigenvalue weighted by molar-refractivity contribution is 0.269. The molecule has 2 aromatic rings. The molecule has 2 aromatic carbocycles. The maximum atomic E-state index is 5.58. The van der Waals surface area contributed by atoms with E-state index < -0.39 is 0 Å². The number of thiocarbonyl (C=S) groups is 2. The SMILES string of the molecule is Cc1ccc(NC(=S)NCC2CCN(C(=S)Nc3ccc(C)cc3)CC2)cc1. The van der Waals surface area contributed by atoms with Crippen LogP contribution in [0.25, 0.3) is 0 Å². The van der Waals surface area contributed by atoms with Crippen LogP contribution in [0.4, 0.5) is 11.4 Å². The zero-order valence-electron chi connectivity index (χ0n) is 16.5. The minimum absolute atomic E-state index is 0.608. The quantitative estimate of drug-likeness (QED) is 0.633. The molecule has 1 aliphatic rings.